The van der Waals surface area contributed by atoms with Gasteiger partial charge in [0.15, 0.2) is 0 Å². The molecule has 4 aliphatic carbocycles. The molecule has 0 aromatic heterocycles. The van der Waals surface area contributed by atoms with E-state index in [0.717, 1.165) is 23.3 Å². The first kappa shape index (κ1) is 12.3. The zero-order valence-corrected chi connectivity index (χ0v) is 11.6. The Labute approximate surface area is 110 Å². The van der Waals surface area contributed by atoms with E-state index in [1.165, 1.54) is 38.5 Å². The van der Waals surface area contributed by atoms with Crippen LogP contribution in [0.3, 0.4) is 0 Å². The highest BCUT2D eigenvalue weighted by Gasteiger charge is 2.49. The topological polar surface area (TPSA) is 26.3 Å². The lowest BCUT2D eigenvalue weighted by Gasteiger charge is -2.56. The maximum atomic E-state index is 11.8. The first-order valence-corrected chi connectivity index (χ1v) is 7.47. The predicted octanol–water partition coefficient (Wildman–Crippen LogP) is 3.71. The quantitative estimate of drug-likeness (QED) is 0.562. The average molecular weight is 248 g/mol. The Bertz CT molecular complexity index is 345. The van der Waals surface area contributed by atoms with Crippen molar-refractivity contribution >= 4 is 5.97 Å². The van der Waals surface area contributed by atoms with Gasteiger partial charge in [-0.2, -0.15) is 0 Å². The van der Waals surface area contributed by atoms with Crippen molar-refractivity contribution in [1.29, 1.82) is 0 Å². The van der Waals surface area contributed by atoms with Crippen LogP contribution in [0.5, 0.6) is 0 Å². The van der Waals surface area contributed by atoms with Crippen molar-refractivity contribution < 1.29 is 9.53 Å². The zero-order chi connectivity index (χ0) is 12.8. The van der Waals surface area contributed by atoms with Gasteiger partial charge in [-0.3, -0.25) is 0 Å². The lowest BCUT2D eigenvalue weighted by atomic mass is 9.49. The fourth-order valence-electron chi connectivity index (χ4n) is 5.12. The Kier molecular flexibility index (Phi) is 2.99. The largest absolute Gasteiger partial charge is 0.463 e. The number of allylic oxidation sites excluding steroid dienone is 1. The second-order valence-corrected chi connectivity index (χ2v) is 6.83. The number of carbonyl (C=O) groups is 1. The van der Waals surface area contributed by atoms with Crippen molar-refractivity contribution in [2.45, 2.75) is 52.4 Å². The number of esters is 1. The summed E-state index contributed by atoms with van der Waals surface area (Å²) in [6, 6.07) is 0. The van der Waals surface area contributed by atoms with Gasteiger partial charge in [-0.05, 0) is 75.5 Å². The van der Waals surface area contributed by atoms with E-state index in [2.05, 4.69) is 6.08 Å². The van der Waals surface area contributed by atoms with Crippen molar-refractivity contribution in [2.24, 2.45) is 23.2 Å². The number of carbonyl (C=O) groups excluding carboxylic acids is 1. The minimum atomic E-state index is -0.117. The van der Waals surface area contributed by atoms with Gasteiger partial charge in [-0.25, -0.2) is 4.79 Å². The highest BCUT2D eigenvalue weighted by Crippen LogP contribution is 2.60. The van der Waals surface area contributed by atoms with Crippen molar-refractivity contribution in [3.8, 4) is 0 Å². The fraction of sp³-hybridized carbons (Fsp3) is 0.812. The third-order valence-corrected chi connectivity index (χ3v) is 5.21. The molecule has 0 aromatic rings. The molecule has 2 heteroatoms. The van der Waals surface area contributed by atoms with Crippen LogP contribution in [-0.4, -0.2) is 12.6 Å². The van der Waals surface area contributed by atoms with Crippen LogP contribution in [0.1, 0.15) is 52.4 Å². The molecule has 4 fully saturated rings. The van der Waals surface area contributed by atoms with E-state index in [4.69, 9.17) is 4.74 Å². The molecule has 0 heterocycles. The third kappa shape index (κ3) is 2.10. The highest BCUT2D eigenvalue weighted by molar-refractivity contribution is 5.87. The van der Waals surface area contributed by atoms with Crippen LogP contribution in [-0.2, 0) is 9.53 Å². The van der Waals surface area contributed by atoms with Crippen LogP contribution in [0.4, 0.5) is 0 Å². The van der Waals surface area contributed by atoms with Crippen LogP contribution in [0.15, 0.2) is 11.6 Å². The van der Waals surface area contributed by atoms with E-state index in [1.54, 1.807) is 0 Å². The summed E-state index contributed by atoms with van der Waals surface area (Å²) in [5.41, 5.74) is 1.17. The van der Waals surface area contributed by atoms with Crippen LogP contribution < -0.4 is 0 Å². The van der Waals surface area contributed by atoms with Gasteiger partial charge in [0, 0.05) is 5.57 Å². The first-order chi connectivity index (χ1) is 8.60. The van der Waals surface area contributed by atoms with Gasteiger partial charge in [0.1, 0.15) is 0 Å². The minimum Gasteiger partial charge on any atom is -0.463 e. The molecule has 0 radical (unpaired) electrons. The number of hydrogen-bond donors (Lipinski definition) is 0. The van der Waals surface area contributed by atoms with Gasteiger partial charge in [0.25, 0.3) is 0 Å². The molecule has 0 aliphatic heterocycles. The molecule has 4 bridgehead atoms. The summed E-state index contributed by atoms with van der Waals surface area (Å²) in [5.74, 6) is 2.68. The summed E-state index contributed by atoms with van der Waals surface area (Å²) >= 11 is 0. The monoisotopic (exact) mass is 248 g/mol. The lowest BCUT2D eigenvalue weighted by Crippen LogP contribution is -2.45. The SMILES string of the molecule is CCOC(=O)/C(C)=C/C12CC3CC(CC(C3)C1)C2. The first-order valence-electron chi connectivity index (χ1n) is 7.47. The number of hydrogen-bond acceptors (Lipinski definition) is 2. The summed E-state index contributed by atoms with van der Waals surface area (Å²) in [4.78, 5) is 11.8. The predicted molar refractivity (Wildman–Crippen MR) is 71.0 cm³/mol. The molecule has 0 aromatic carbocycles. The maximum absolute atomic E-state index is 11.8. The van der Waals surface area contributed by atoms with Crippen molar-refractivity contribution in [2.75, 3.05) is 6.61 Å². The lowest BCUT2D eigenvalue weighted by molar-refractivity contribution is -0.138. The molecule has 18 heavy (non-hydrogen) atoms. The molecule has 0 amide bonds. The Morgan fingerprint density at radius 2 is 1.67 bits per heavy atom. The second-order valence-electron chi connectivity index (χ2n) is 6.83. The Balaban J connectivity index is 1.79. The number of ether oxygens (including phenoxy) is 1. The van der Waals surface area contributed by atoms with E-state index in [1.807, 2.05) is 13.8 Å². The standard InChI is InChI=1S/C16H24O2/c1-3-18-15(17)11(2)7-16-8-12-4-13(9-16)6-14(5-12)10-16/h7,12-14H,3-6,8-10H2,1-2H3/b11-7+. The van der Waals surface area contributed by atoms with Gasteiger partial charge < -0.3 is 4.74 Å². The van der Waals surface area contributed by atoms with E-state index >= 15 is 0 Å². The summed E-state index contributed by atoms with van der Waals surface area (Å²) < 4.78 is 5.11. The van der Waals surface area contributed by atoms with E-state index < -0.39 is 0 Å². The minimum absolute atomic E-state index is 0.117. The third-order valence-electron chi connectivity index (χ3n) is 5.21. The molecule has 0 saturated heterocycles. The maximum Gasteiger partial charge on any atom is 0.333 e. The Hall–Kier alpha value is -0.790. The molecule has 2 nitrogen and oxygen atoms in total. The molecular weight excluding hydrogens is 224 g/mol. The molecule has 0 atom stereocenters. The highest BCUT2D eigenvalue weighted by atomic mass is 16.5. The zero-order valence-electron chi connectivity index (χ0n) is 11.6. The van der Waals surface area contributed by atoms with Crippen LogP contribution in [0, 0.1) is 23.2 Å². The van der Waals surface area contributed by atoms with E-state index in [-0.39, 0.29) is 5.97 Å². The Morgan fingerprint density at radius 1 is 1.17 bits per heavy atom. The number of rotatable bonds is 3. The molecular formula is C16H24O2. The molecule has 0 N–H and O–H groups in total. The molecule has 4 rings (SSSR count). The normalized spacial score (nSPS) is 42.1. The van der Waals surface area contributed by atoms with Gasteiger partial charge >= 0.3 is 5.97 Å². The molecule has 100 valence electrons. The van der Waals surface area contributed by atoms with Crippen LogP contribution >= 0.6 is 0 Å². The van der Waals surface area contributed by atoms with E-state index in [9.17, 15) is 4.79 Å². The fourth-order valence-corrected chi connectivity index (χ4v) is 5.12. The van der Waals surface area contributed by atoms with Gasteiger partial charge in [-0.15, -0.1) is 0 Å². The van der Waals surface area contributed by atoms with Crippen molar-refractivity contribution in [1.82, 2.24) is 0 Å². The second kappa shape index (κ2) is 4.40. The summed E-state index contributed by atoms with van der Waals surface area (Å²) in [6.45, 7) is 4.28. The Morgan fingerprint density at radius 3 is 2.11 bits per heavy atom. The summed E-state index contributed by atoms with van der Waals surface area (Å²) in [5, 5.41) is 0. The van der Waals surface area contributed by atoms with Gasteiger partial charge in [0.05, 0.1) is 6.61 Å². The average Bonchev–Trinajstić information content (AvgIpc) is 2.26. The van der Waals surface area contributed by atoms with Crippen LogP contribution in [0.25, 0.3) is 0 Å². The molecule has 4 aliphatic rings. The molecule has 0 spiro atoms. The summed E-state index contributed by atoms with van der Waals surface area (Å²) in [6.07, 6.45) is 10.6. The van der Waals surface area contributed by atoms with Gasteiger partial charge in [-0.1, -0.05) is 6.08 Å². The smallest absolute Gasteiger partial charge is 0.333 e. The molecule has 4 saturated carbocycles. The summed E-state index contributed by atoms with van der Waals surface area (Å²) in [7, 11) is 0. The van der Waals surface area contributed by atoms with Crippen molar-refractivity contribution in [3.05, 3.63) is 11.6 Å². The van der Waals surface area contributed by atoms with Crippen molar-refractivity contribution in [3.63, 3.8) is 0 Å². The molecule has 0 unspecified atom stereocenters. The van der Waals surface area contributed by atoms with E-state index in [0.29, 0.717) is 12.0 Å². The van der Waals surface area contributed by atoms with Crippen LogP contribution in [0.2, 0.25) is 0 Å². The van der Waals surface area contributed by atoms with Gasteiger partial charge in [0.2, 0.25) is 0 Å².